The van der Waals surface area contributed by atoms with Crippen LogP contribution in [0.5, 0.6) is 0 Å². The van der Waals surface area contributed by atoms with Crippen LogP contribution in [0.15, 0.2) is 103 Å². The first kappa shape index (κ1) is 24.0. The van der Waals surface area contributed by atoms with Crippen molar-refractivity contribution in [2.75, 3.05) is 0 Å². The smallest absolute Gasteiger partial charge is 0.336 e. The lowest BCUT2D eigenvalue weighted by molar-refractivity contribution is 0.0697. The van der Waals surface area contributed by atoms with E-state index in [1.807, 2.05) is 83.4 Å². The molecule has 0 saturated carbocycles. The van der Waals surface area contributed by atoms with Gasteiger partial charge in [-0.05, 0) is 52.9 Å². The number of nitrogens with one attached hydrogen (secondary N) is 1. The Morgan fingerprint density at radius 2 is 1.65 bits per heavy atom. The molecule has 1 aromatic heterocycles. The predicted octanol–water partition coefficient (Wildman–Crippen LogP) is 6.33. The second-order valence-corrected chi connectivity index (χ2v) is 8.97. The van der Waals surface area contributed by atoms with Gasteiger partial charge < -0.3 is 15.0 Å². The molecule has 0 aliphatic heterocycles. The number of fused-ring (bicyclic) bond motifs is 1. The van der Waals surface area contributed by atoms with E-state index in [1.165, 1.54) is 0 Å². The van der Waals surface area contributed by atoms with Crippen molar-refractivity contribution in [2.45, 2.75) is 25.9 Å². The molecule has 37 heavy (non-hydrogen) atoms. The highest BCUT2D eigenvalue weighted by Crippen LogP contribution is 2.25. The molecule has 184 valence electrons. The fraction of sp³-hybridized carbons (Fsp3) is 0.129. The molecule has 1 unspecified atom stereocenters. The van der Waals surface area contributed by atoms with Crippen molar-refractivity contribution in [3.05, 3.63) is 126 Å². The average molecular weight is 490 g/mol. The molecule has 0 radical (unpaired) electrons. The molecule has 0 saturated heterocycles. The normalized spacial score (nSPS) is 11.8. The Balaban J connectivity index is 1.36. The Kier molecular flexibility index (Phi) is 6.81. The Hall–Kier alpha value is -4.71. The van der Waals surface area contributed by atoms with Gasteiger partial charge in [0.25, 0.3) is 5.91 Å². The number of imidazole rings is 1. The quantitative estimate of drug-likeness (QED) is 0.267. The van der Waals surface area contributed by atoms with E-state index < -0.39 is 5.97 Å². The van der Waals surface area contributed by atoms with Crippen LogP contribution >= 0.6 is 0 Å². The maximum atomic E-state index is 13.1. The van der Waals surface area contributed by atoms with Crippen LogP contribution in [0.25, 0.3) is 22.2 Å². The molecule has 0 aliphatic rings. The second-order valence-electron chi connectivity index (χ2n) is 8.97. The van der Waals surface area contributed by atoms with Gasteiger partial charge in [-0.15, -0.1) is 0 Å². The summed E-state index contributed by atoms with van der Waals surface area (Å²) in [5.74, 6) is -1.06. The van der Waals surface area contributed by atoms with Gasteiger partial charge in [-0.2, -0.15) is 0 Å². The lowest BCUT2D eigenvalue weighted by Crippen LogP contribution is -2.28. The highest BCUT2D eigenvalue weighted by Gasteiger charge is 2.16. The molecule has 0 aliphatic carbocycles. The van der Waals surface area contributed by atoms with Gasteiger partial charge in [0, 0.05) is 12.1 Å². The third-order valence-corrected chi connectivity index (χ3v) is 6.57. The van der Waals surface area contributed by atoms with E-state index in [9.17, 15) is 14.7 Å². The van der Waals surface area contributed by atoms with Crippen molar-refractivity contribution < 1.29 is 14.7 Å². The SMILES string of the molecule is CCC(NC(=O)c1ccc2ncn(Cc3ccc(-c4ccccc4C(=O)O)cc3)c2c1)c1ccccc1. The van der Waals surface area contributed by atoms with Crippen LogP contribution in [0.4, 0.5) is 0 Å². The number of rotatable bonds is 8. The molecule has 0 bridgehead atoms. The van der Waals surface area contributed by atoms with E-state index in [1.54, 1.807) is 24.5 Å². The highest BCUT2D eigenvalue weighted by molar-refractivity contribution is 5.98. The minimum atomic E-state index is -0.946. The summed E-state index contributed by atoms with van der Waals surface area (Å²) in [6.07, 6.45) is 2.57. The summed E-state index contributed by atoms with van der Waals surface area (Å²) >= 11 is 0. The summed E-state index contributed by atoms with van der Waals surface area (Å²) in [5, 5.41) is 12.6. The van der Waals surface area contributed by atoms with Crippen molar-refractivity contribution in [1.82, 2.24) is 14.9 Å². The van der Waals surface area contributed by atoms with Crippen LogP contribution in [0, 0.1) is 0 Å². The van der Waals surface area contributed by atoms with Gasteiger partial charge in [0.05, 0.1) is 29.0 Å². The third kappa shape index (κ3) is 5.14. The Bertz CT molecular complexity index is 1560. The molecular formula is C31H27N3O3. The van der Waals surface area contributed by atoms with E-state index in [2.05, 4.69) is 17.2 Å². The average Bonchev–Trinajstić information content (AvgIpc) is 3.34. The molecule has 5 aromatic rings. The van der Waals surface area contributed by atoms with E-state index >= 15 is 0 Å². The zero-order chi connectivity index (χ0) is 25.8. The zero-order valence-corrected chi connectivity index (χ0v) is 20.5. The number of aromatic carboxylic acids is 1. The first-order valence-corrected chi connectivity index (χ1v) is 12.3. The fourth-order valence-corrected chi connectivity index (χ4v) is 4.58. The maximum absolute atomic E-state index is 13.1. The summed E-state index contributed by atoms with van der Waals surface area (Å²) in [4.78, 5) is 29.2. The monoisotopic (exact) mass is 489 g/mol. The van der Waals surface area contributed by atoms with Gasteiger partial charge in [-0.1, -0.05) is 79.7 Å². The maximum Gasteiger partial charge on any atom is 0.336 e. The number of hydrogen-bond donors (Lipinski definition) is 2. The predicted molar refractivity (Wildman–Crippen MR) is 145 cm³/mol. The minimum absolute atomic E-state index is 0.0564. The van der Waals surface area contributed by atoms with Crippen LogP contribution in [0.1, 0.15) is 51.2 Å². The van der Waals surface area contributed by atoms with E-state index in [0.717, 1.165) is 34.1 Å². The van der Waals surface area contributed by atoms with Gasteiger partial charge >= 0.3 is 5.97 Å². The molecule has 1 heterocycles. The van der Waals surface area contributed by atoms with Gasteiger partial charge in [0.15, 0.2) is 0 Å². The molecule has 6 heteroatoms. The third-order valence-electron chi connectivity index (χ3n) is 6.57. The number of carbonyl (C=O) groups excluding carboxylic acids is 1. The van der Waals surface area contributed by atoms with Gasteiger partial charge in [0.1, 0.15) is 0 Å². The summed E-state index contributed by atoms with van der Waals surface area (Å²) < 4.78 is 2.01. The number of hydrogen-bond acceptors (Lipinski definition) is 3. The van der Waals surface area contributed by atoms with Gasteiger partial charge in [-0.3, -0.25) is 4.79 Å². The zero-order valence-electron chi connectivity index (χ0n) is 20.5. The summed E-state index contributed by atoms with van der Waals surface area (Å²) in [6.45, 7) is 2.63. The van der Waals surface area contributed by atoms with Crippen molar-refractivity contribution in [2.24, 2.45) is 0 Å². The molecule has 0 spiro atoms. The number of benzene rings is 4. The molecule has 1 amide bonds. The van der Waals surface area contributed by atoms with E-state index in [4.69, 9.17) is 0 Å². The minimum Gasteiger partial charge on any atom is -0.478 e. The Labute approximate surface area is 215 Å². The number of carboxylic acids is 1. The Morgan fingerprint density at radius 3 is 2.38 bits per heavy atom. The number of carboxylic acid groups (broad SMARTS) is 1. The molecule has 5 rings (SSSR count). The van der Waals surface area contributed by atoms with Crippen molar-refractivity contribution in [1.29, 1.82) is 0 Å². The molecule has 1 atom stereocenters. The van der Waals surface area contributed by atoms with Gasteiger partial charge in [0.2, 0.25) is 0 Å². The molecule has 2 N–H and O–H groups in total. The molecular weight excluding hydrogens is 462 g/mol. The number of amides is 1. The first-order chi connectivity index (χ1) is 18.0. The van der Waals surface area contributed by atoms with Gasteiger partial charge in [-0.25, -0.2) is 9.78 Å². The lowest BCUT2D eigenvalue weighted by Gasteiger charge is -2.17. The fourth-order valence-electron chi connectivity index (χ4n) is 4.58. The first-order valence-electron chi connectivity index (χ1n) is 12.3. The topological polar surface area (TPSA) is 84.2 Å². The van der Waals surface area contributed by atoms with Crippen LogP contribution < -0.4 is 5.32 Å². The number of nitrogens with zero attached hydrogens (tertiary/aromatic N) is 2. The summed E-state index contributed by atoms with van der Waals surface area (Å²) in [5.41, 5.74) is 6.22. The van der Waals surface area contributed by atoms with E-state index in [0.29, 0.717) is 17.7 Å². The van der Waals surface area contributed by atoms with E-state index in [-0.39, 0.29) is 17.5 Å². The van der Waals surface area contributed by atoms with Crippen molar-refractivity contribution >= 4 is 22.9 Å². The molecule has 4 aromatic carbocycles. The Morgan fingerprint density at radius 1 is 0.919 bits per heavy atom. The lowest BCUT2D eigenvalue weighted by atomic mass is 9.99. The number of carbonyl (C=O) groups is 2. The van der Waals surface area contributed by atoms with Crippen LogP contribution in [0.2, 0.25) is 0 Å². The van der Waals surface area contributed by atoms with Crippen LogP contribution in [0.3, 0.4) is 0 Å². The van der Waals surface area contributed by atoms with Crippen LogP contribution in [-0.4, -0.2) is 26.5 Å². The van der Waals surface area contributed by atoms with Crippen molar-refractivity contribution in [3.8, 4) is 11.1 Å². The molecule has 6 nitrogen and oxygen atoms in total. The van der Waals surface area contributed by atoms with Crippen LogP contribution in [-0.2, 0) is 6.54 Å². The summed E-state index contributed by atoms with van der Waals surface area (Å²) in [6, 6.07) is 30.3. The standard InChI is InChI=1S/C31H27N3O3/c1-2-27(23-8-4-3-5-9-23)33-30(35)24-16-17-28-29(18-24)34(20-32-28)19-21-12-14-22(15-13-21)25-10-6-7-11-26(25)31(36)37/h3-18,20,27H,2,19H2,1H3,(H,33,35)(H,36,37). The summed E-state index contributed by atoms with van der Waals surface area (Å²) in [7, 11) is 0. The molecule has 0 fully saturated rings. The largest absolute Gasteiger partial charge is 0.478 e. The highest BCUT2D eigenvalue weighted by atomic mass is 16.4. The number of aromatic nitrogens is 2. The van der Waals surface area contributed by atoms with Crippen molar-refractivity contribution in [3.63, 3.8) is 0 Å². The second kappa shape index (κ2) is 10.5.